The van der Waals surface area contributed by atoms with Gasteiger partial charge in [-0.25, -0.2) is 13.1 Å². The van der Waals surface area contributed by atoms with E-state index in [1.807, 2.05) is 0 Å². The lowest BCUT2D eigenvalue weighted by Gasteiger charge is -2.32. The molecule has 1 fully saturated rings. The Hall–Kier alpha value is -2.03. The number of halogens is 1. The predicted octanol–water partition coefficient (Wildman–Crippen LogP) is 2.52. The molecule has 2 aromatic rings. The molecule has 1 unspecified atom stereocenters. The number of nitrogens with zero attached hydrogens (tertiary/aromatic N) is 1. The molecule has 1 aromatic heterocycles. The molecule has 26 heavy (non-hydrogen) atoms. The molecule has 0 spiro atoms. The number of piperidine rings is 1. The van der Waals surface area contributed by atoms with Crippen molar-refractivity contribution in [3.8, 4) is 5.75 Å². The van der Waals surface area contributed by atoms with E-state index in [4.69, 9.17) is 20.8 Å². The Balaban J connectivity index is 1.75. The van der Waals surface area contributed by atoms with E-state index >= 15 is 0 Å². The van der Waals surface area contributed by atoms with Crippen LogP contribution in [0.25, 0.3) is 0 Å². The first-order chi connectivity index (χ1) is 12.4. The second-order valence-corrected chi connectivity index (χ2v) is 8.10. The second kappa shape index (κ2) is 7.69. The van der Waals surface area contributed by atoms with Crippen LogP contribution in [0, 0.1) is 0 Å². The van der Waals surface area contributed by atoms with Gasteiger partial charge >= 0.3 is 0 Å². The van der Waals surface area contributed by atoms with E-state index in [0.717, 1.165) is 0 Å². The number of ether oxygens (including phenoxy) is 1. The first kappa shape index (κ1) is 18.8. The van der Waals surface area contributed by atoms with Gasteiger partial charge in [-0.3, -0.25) is 4.79 Å². The fourth-order valence-electron chi connectivity index (χ4n) is 2.96. The van der Waals surface area contributed by atoms with Crippen LogP contribution in [0.4, 0.5) is 0 Å². The molecule has 1 saturated heterocycles. The number of sulfonamides is 1. The molecule has 1 aliphatic heterocycles. The van der Waals surface area contributed by atoms with Gasteiger partial charge in [-0.1, -0.05) is 11.6 Å². The van der Waals surface area contributed by atoms with E-state index in [1.165, 1.54) is 25.5 Å². The van der Waals surface area contributed by atoms with Crippen molar-refractivity contribution in [1.82, 2.24) is 9.62 Å². The van der Waals surface area contributed by atoms with Gasteiger partial charge in [0.2, 0.25) is 10.0 Å². The van der Waals surface area contributed by atoms with E-state index in [2.05, 4.69) is 4.72 Å². The number of furan rings is 1. The summed E-state index contributed by atoms with van der Waals surface area (Å²) in [6.07, 6.45) is 2.75. The topological polar surface area (TPSA) is 88.9 Å². The number of hydrogen-bond acceptors (Lipinski definition) is 5. The zero-order valence-electron chi connectivity index (χ0n) is 14.1. The first-order valence-corrected chi connectivity index (χ1v) is 9.95. The van der Waals surface area contributed by atoms with Gasteiger partial charge in [-0.15, -0.1) is 0 Å². The quantitative estimate of drug-likeness (QED) is 0.835. The van der Waals surface area contributed by atoms with Crippen LogP contribution in [-0.4, -0.2) is 45.5 Å². The van der Waals surface area contributed by atoms with Crippen LogP contribution in [0.5, 0.6) is 5.75 Å². The minimum atomic E-state index is -3.85. The monoisotopic (exact) mass is 398 g/mol. The number of rotatable bonds is 5. The SMILES string of the molecule is COc1ccc(Cl)cc1S(=O)(=O)NC1CCCN(C(=O)c2ccco2)C1. The molecule has 1 N–H and O–H groups in total. The Morgan fingerprint density at radius 2 is 2.19 bits per heavy atom. The average molecular weight is 399 g/mol. The summed E-state index contributed by atoms with van der Waals surface area (Å²) in [4.78, 5) is 14.0. The van der Waals surface area contributed by atoms with Crippen LogP contribution in [-0.2, 0) is 10.0 Å². The highest BCUT2D eigenvalue weighted by Crippen LogP contribution is 2.27. The maximum atomic E-state index is 12.8. The summed E-state index contributed by atoms with van der Waals surface area (Å²) >= 11 is 5.93. The van der Waals surface area contributed by atoms with Crippen molar-refractivity contribution in [2.75, 3.05) is 20.2 Å². The number of methoxy groups -OCH3 is 1. The normalized spacial score (nSPS) is 17.9. The molecule has 1 atom stereocenters. The lowest BCUT2D eigenvalue weighted by atomic mass is 10.1. The molecule has 0 bridgehead atoms. The Kier molecular flexibility index (Phi) is 5.55. The predicted molar refractivity (Wildman–Crippen MR) is 96.0 cm³/mol. The van der Waals surface area contributed by atoms with Gasteiger partial charge in [0.05, 0.1) is 13.4 Å². The number of carbonyl (C=O) groups excluding carboxylic acids is 1. The number of likely N-dealkylation sites (tertiary alicyclic amines) is 1. The molecule has 1 amide bonds. The Bertz CT molecular complexity index is 883. The maximum Gasteiger partial charge on any atom is 0.289 e. The highest BCUT2D eigenvalue weighted by molar-refractivity contribution is 7.89. The molecule has 1 aromatic carbocycles. The van der Waals surface area contributed by atoms with Crippen LogP contribution in [0.15, 0.2) is 45.9 Å². The molecule has 1 aliphatic rings. The molecule has 9 heteroatoms. The fourth-order valence-corrected chi connectivity index (χ4v) is 4.65. The standard InChI is InChI=1S/C17H19ClN2O5S/c1-24-14-7-6-12(18)10-16(14)26(22,23)19-13-4-2-8-20(11-13)17(21)15-5-3-9-25-15/h3,5-7,9-10,13,19H,2,4,8,11H2,1H3. The lowest BCUT2D eigenvalue weighted by Crippen LogP contribution is -2.49. The highest BCUT2D eigenvalue weighted by atomic mass is 35.5. The van der Waals surface area contributed by atoms with Crippen LogP contribution >= 0.6 is 11.6 Å². The van der Waals surface area contributed by atoms with Crippen molar-refractivity contribution in [1.29, 1.82) is 0 Å². The van der Waals surface area contributed by atoms with Crippen molar-refractivity contribution in [3.63, 3.8) is 0 Å². The van der Waals surface area contributed by atoms with Crippen LogP contribution in [0.1, 0.15) is 23.4 Å². The van der Waals surface area contributed by atoms with Crippen molar-refractivity contribution in [2.45, 2.75) is 23.8 Å². The van der Waals surface area contributed by atoms with Gasteiger partial charge in [-0.2, -0.15) is 0 Å². The van der Waals surface area contributed by atoms with Gasteiger partial charge in [0.15, 0.2) is 5.76 Å². The molecule has 7 nitrogen and oxygen atoms in total. The number of amides is 1. The van der Waals surface area contributed by atoms with Crippen LogP contribution in [0.3, 0.4) is 0 Å². The zero-order valence-corrected chi connectivity index (χ0v) is 15.7. The number of nitrogens with one attached hydrogen (secondary N) is 1. The number of carbonyl (C=O) groups is 1. The Morgan fingerprint density at radius 3 is 2.88 bits per heavy atom. The van der Waals surface area contributed by atoms with Gasteiger partial charge in [0.25, 0.3) is 5.91 Å². The lowest BCUT2D eigenvalue weighted by molar-refractivity contribution is 0.0671. The van der Waals surface area contributed by atoms with Crippen molar-refractivity contribution in [3.05, 3.63) is 47.4 Å². The van der Waals surface area contributed by atoms with Crippen LogP contribution in [0.2, 0.25) is 5.02 Å². The molecule has 2 heterocycles. The molecule has 0 aliphatic carbocycles. The van der Waals surface area contributed by atoms with Gasteiger partial charge in [0.1, 0.15) is 10.6 Å². The Morgan fingerprint density at radius 1 is 1.38 bits per heavy atom. The molecular weight excluding hydrogens is 380 g/mol. The summed E-state index contributed by atoms with van der Waals surface area (Å²) in [5.74, 6) is 0.200. The van der Waals surface area contributed by atoms with Gasteiger partial charge in [-0.05, 0) is 43.2 Å². The minimum Gasteiger partial charge on any atom is -0.495 e. The average Bonchev–Trinajstić information content (AvgIpc) is 3.15. The van der Waals surface area contributed by atoms with Crippen molar-refractivity contribution >= 4 is 27.5 Å². The smallest absolute Gasteiger partial charge is 0.289 e. The molecule has 3 rings (SSSR count). The summed E-state index contributed by atoms with van der Waals surface area (Å²) < 4.78 is 38.5. The van der Waals surface area contributed by atoms with E-state index in [-0.39, 0.29) is 28.9 Å². The van der Waals surface area contributed by atoms with Crippen molar-refractivity contribution < 1.29 is 22.4 Å². The molecule has 0 saturated carbocycles. The third kappa shape index (κ3) is 4.03. The van der Waals surface area contributed by atoms with E-state index in [9.17, 15) is 13.2 Å². The fraction of sp³-hybridized carbons (Fsp3) is 0.353. The van der Waals surface area contributed by atoms with Gasteiger partial charge < -0.3 is 14.1 Å². The number of benzene rings is 1. The first-order valence-electron chi connectivity index (χ1n) is 8.09. The zero-order chi connectivity index (χ0) is 18.7. The second-order valence-electron chi connectivity index (χ2n) is 5.98. The molecule has 0 radical (unpaired) electrons. The van der Waals surface area contributed by atoms with Gasteiger partial charge in [0, 0.05) is 24.2 Å². The highest BCUT2D eigenvalue weighted by Gasteiger charge is 2.30. The largest absolute Gasteiger partial charge is 0.495 e. The van der Waals surface area contributed by atoms with E-state index in [0.29, 0.717) is 24.4 Å². The van der Waals surface area contributed by atoms with E-state index < -0.39 is 16.1 Å². The maximum absolute atomic E-state index is 12.8. The van der Waals surface area contributed by atoms with Crippen LogP contribution < -0.4 is 9.46 Å². The molecule has 140 valence electrons. The van der Waals surface area contributed by atoms with Crippen molar-refractivity contribution in [2.24, 2.45) is 0 Å². The summed E-state index contributed by atoms with van der Waals surface area (Å²) in [7, 11) is -2.45. The van der Waals surface area contributed by atoms with E-state index in [1.54, 1.807) is 23.1 Å². The summed E-state index contributed by atoms with van der Waals surface area (Å²) in [6.45, 7) is 0.819. The summed E-state index contributed by atoms with van der Waals surface area (Å²) in [5.41, 5.74) is 0. The Labute approximate surface area is 156 Å². The minimum absolute atomic E-state index is 0.0259. The number of hydrogen-bond donors (Lipinski definition) is 1. The summed E-state index contributed by atoms with van der Waals surface area (Å²) in [5, 5.41) is 0.296. The third-order valence-electron chi connectivity index (χ3n) is 4.18. The third-order valence-corrected chi connectivity index (χ3v) is 5.95. The summed E-state index contributed by atoms with van der Waals surface area (Å²) in [6, 6.07) is 7.23. The molecular formula is C17H19ClN2O5S.